The maximum absolute atomic E-state index is 4.91. The minimum Gasteiger partial charge on any atom is -0.367 e. The molecule has 27 heavy (non-hydrogen) atoms. The van der Waals surface area contributed by atoms with Gasteiger partial charge in [-0.2, -0.15) is 0 Å². The molecular formula is C22H23N5. The number of hydrogen-bond donors (Lipinski definition) is 1. The largest absolute Gasteiger partial charge is 0.367 e. The number of piperidine rings is 1. The van der Waals surface area contributed by atoms with Crippen LogP contribution in [0.2, 0.25) is 0 Å². The second-order valence-electron chi connectivity index (χ2n) is 7.22. The molecule has 136 valence electrons. The molecule has 0 aliphatic carbocycles. The van der Waals surface area contributed by atoms with Gasteiger partial charge in [-0.1, -0.05) is 36.8 Å². The molecule has 3 heterocycles. The Balaban J connectivity index is 1.55. The van der Waals surface area contributed by atoms with Crippen LogP contribution in [0.15, 0.2) is 48.5 Å². The van der Waals surface area contributed by atoms with E-state index in [0.29, 0.717) is 0 Å². The minimum atomic E-state index is 0.832. The molecule has 0 bridgehead atoms. The number of nitrogens with zero attached hydrogens (tertiary/aromatic N) is 4. The van der Waals surface area contributed by atoms with E-state index in [1.807, 2.05) is 42.5 Å². The third-order valence-corrected chi connectivity index (χ3v) is 5.36. The first-order valence-corrected chi connectivity index (χ1v) is 9.80. The second kappa shape index (κ2) is 7.08. The van der Waals surface area contributed by atoms with Crippen molar-refractivity contribution in [1.29, 1.82) is 0 Å². The van der Waals surface area contributed by atoms with E-state index in [9.17, 15) is 0 Å². The van der Waals surface area contributed by atoms with Gasteiger partial charge in [-0.05, 0) is 44.1 Å². The van der Waals surface area contributed by atoms with Crippen molar-refractivity contribution >= 4 is 38.8 Å². The van der Waals surface area contributed by atoms with Gasteiger partial charge in [0, 0.05) is 18.5 Å². The predicted molar refractivity (Wildman–Crippen MR) is 111 cm³/mol. The van der Waals surface area contributed by atoms with Gasteiger partial charge in [0.2, 0.25) is 0 Å². The van der Waals surface area contributed by atoms with Gasteiger partial charge in [-0.15, -0.1) is 0 Å². The van der Waals surface area contributed by atoms with Crippen molar-refractivity contribution in [2.24, 2.45) is 0 Å². The Hall–Kier alpha value is -2.79. The molecule has 0 amide bonds. The van der Waals surface area contributed by atoms with Gasteiger partial charge >= 0.3 is 0 Å². The lowest BCUT2D eigenvalue weighted by Crippen LogP contribution is -2.33. The van der Waals surface area contributed by atoms with Gasteiger partial charge in [-0.3, -0.25) is 0 Å². The van der Waals surface area contributed by atoms with Gasteiger partial charge in [0.05, 0.1) is 16.6 Å². The van der Waals surface area contributed by atoms with Crippen molar-refractivity contribution in [3.05, 3.63) is 48.5 Å². The minimum absolute atomic E-state index is 0.832. The zero-order valence-electron chi connectivity index (χ0n) is 15.4. The number of nitrogens with one attached hydrogen (secondary N) is 1. The number of benzene rings is 2. The summed E-state index contributed by atoms with van der Waals surface area (Å²) in [7, 11) is 0. The molecular weight excluding hydrogens is 334 g/mol. The molecule has 2 aromatic carbocycles. The van der Waals surface area contributed by atoms with Gasteiger partial charge in [-0.25, -0.2) is 15.0 Å². The Kier molecular flexibility index (Phi) is 4.30. The van der Waals surface area contributed by atoms with Gasteiger partial charge < -0.3 is 10.2 Å². The van der Waals surface area contributed by atoms with Crippen LogP contribution in [0.25, 0.3) is 33.0 Å². The third kappa shape index (κ3) is 3.19. The normalized spacial score (nSPS) is 15.6. The molecule has 0 spiro atoms. The molecule has 4 aromatic rings. The van der Waals surface area contributed by atoms with Gasteiger partial charge in [0.1, 0.15) is 11.0 Å². The highest BCUT2D eigenvalue weighted by Gasteiger charge is 2.13. The zero-order chi connectivity index (χ0) is 18.1. The average molecular weight is 357 g/mol. The fourth-order valence-corrected chi connectivity index (χ4v) is 3.94. The molecule has 1 aliphatic heterocycles. The second-order valence-corrected chi connectivity index (χ2v) is 7.22. The fraction of sp³-hybridized carbons (Fsp3) is 0.318. The van der Waals surface area contributed by atoms with Gasteiger partial charge in [0.25, 0.3) is 0 Å². The predicted octanol–water partition coefficient (Wildman–Crippen LogP) is 4.23. The highest BCUT2D eigenvalue weighted by molar-refractivity contribution is 6.08. The molecule has 1 fully saturated rings. The fourth-order valence-electron chi connectivity index (χ4n) is 3.94. The summed E-state index contributed by atoms with van der Waals surface area (Å²) in [5.41, 5.74) is 4.54. The van der Waals surface area contributed by atoms with Crippen LogP contribution < -0.4 is 5.32 Å². The van der Waals surface area contributed by atoms with E-state index >= 15 is 0 Å². The zero-order valence-corrected chi connectivity index (χ0v) is 15.4. The number of hydrogen-bond acceptors (Lipinski definition) is 5. The smallest absolute Gasteiger partial charge is 0.155 e. The molecule has 0 radical (unpaired) electrons. The summed E-state index contributed by atoms with van der Waals surface area (Å²) in [4.78, 5) is 17.2. The lowest BCUT2D eigenvalue weighted by atomic mass is 10.1. The average Bonchev–Trinajstić information content (AvgIpc) is 2.73. The first kappa shape index (κ1) is 16.4. The molecule has 5 nitrogen and oxygen atoms in total. The molecule has 2 aromatic heterocycles. The highest BCUT2D eigenvalue weighted by Crippen LogP contribution is 2.28. The van der Waals surface area contributed by atoms with Crippen LogP contribution >= 0.6 is 0 Å². The van der Waals surface area contributed by atoms with Crippen molar-refractivity contribution in [2.75, 3.05) is 31.5 Å². The number of likely N-dealkylation sites (tertiary alicyclic amines) is 1. The summed E-state index contributed by atoms with van der Waals surface area (Å²) in [6, 6.07) is 16.2. The lowest BCUT2D eigenvalue weighted by molar-refractivity contribution is 0.237. The standard InChI is InChI=1S/C22H23N5/c1-6-13-27(14-7-1)15-12-23-22-21-20(16-8-2-3-9-17(16)26-22)24-18-10-4-5-11-19(18)25-21/h2-5,8-11H,1,6-7,12-15H2,(H,23,26). The van der Waals surface area contributed by atoms with Crippen LogP contribution in [0.1, 0.15) is 19.3 Å². The van der Waals surface area contributed by atoms with E-state index in [-0.39, 0.29) is 0 Å². The Bertz CT molecular complexity index is 1100. The Morgan fingerprint density at radius 2 is 1.41 bits per heavy atom. The maximum atomic E-state index is 4.91. The van der Waals surface area contributed by atoms with E-state index in [0.717, 1.165) is 51.9 Å². The first-order chi connectivity index (χ1) is 13.4. The van der Waals surface area contributed by atoms with E-state index < -0.39 is 0 Å². The van der Waals surface area contributed by atoms with Crippen LogP contribution in [0, 0.1) is 0 Å². The van der Waals surface area contributed by atoms with Crippen LogP contribution in [-0.4, -0.2) is 46.0 Å². The first-order valence-electron chi connectivity index (χ1n) is 9.80. The van der Waals surface area contributed by atoms with E-state index in [1.54, 1.807) is 0 Å². The van der Waals surface area contributed by atoms with Crippen molar-refractivity contribution in [3.8, 4) is 0 Å². The molecule has 5 heteroatoms. The summed E-state index contributed by atoms with van der Waals surface area (Å²) < 4.78 is 0. The van der Waals surface area contributed by atoms with Crippen molar-refractivity contribution < 1.29 is 0 Å². The quantitative estimate of drug-likeness (QED) is 0.438. The van der Waals surface area contributed by atoms with Crippen LogP contribution in [0.5, 0.6) is 0 Å². The molecule has 1 N–H and O–H groups in total. The number of para-hydroxylation sites is 3. The van der Waals surface area contributed by atoms with Crippen LogP contribution in [0.4, 0.5) is 5.82 Å². The number of fused-ring (bicyclic) bond motifs is 4. The lowest BCUT2D eigenvalue weighted by Gasteiger charge is -2.26. The van der Waals surface area contributed by atoms with Crippen molar-refractivity contribution in [2.45, 2.75) is 19.3 Å². The van der Waals surface area contributed by atoms with Crippen LogP contribution in [-0.2, 0) is 0 Å². The van der Waals surface area contributed by atoms with E-state index in [2.05, 4.69) is 16.3 Å². The Morgan fingerprint density at radius 3 is 2.19 bits per heavy atom. The SMILES string of the molecule is c1ccc2nc3c(nc2c1)c(NCCN1CCCCC1)nc1ccccc13. The molecule has 0 atom stereocenters. The Morgan fingerprint density at radius 1 is 0.741 bits per heavy atom. The van der Waals surface area contributed by atoms with Crippen LogP contribution in [0.3, 0.4) is 0 Å². The monoisotopic (exact) mass is 357 g/mol. The summed E-state index contributed by atoms with van der Waals surface area (Å²) in [6.45, 7) is 4.32. The number of rotatable bonds is 4. The number of aromatic nitrogens is 3. The Labute approximate surface area is 158 Å². The summed E-state index contributed by atoms with van der Waals surface area (Å²) >= 11 is 0. The molecule has 5 rings (SSSR count). The number of anilines is 1. The van der Waals surface area contributed by atoms with E-state index in [4.69, 9.17) is 15.0 Å². The molecule has 1 aliphatic rings. The summed E-state index contributed by atoms with van der Waals surface area (Å²) in [6.07, 6.45) is 3.99. The topological polar surface area (TPSA) is 53.9 Å². The van der Waals surface area contributed by atoms with E-state index in [1.165, 1.54) is 32.4 Å². The molecule has 0 saturated carbocycles. The van der Waals surface area contributed by atoms with Gasteiger partial charge in [0.15, 0.2) is 5.82 Å². The molecule has 1 saturated heterocycles. The third-order valence-electron chi connectivity index (χ3n) is 5.36. The van der Waals surface area contributed by atoms with Crippen molar-refractivity contribution in [1.82, 2.24) is 19.9 Å². The maximum Gasteiger partial charge on any atom is 0.155 e. The summed E-state index contributed by atoms with van der Waals surface area (Å²) in [5, 5.41) is 4.58. The highest BCUT2D eigenvalue weighted by atomic mass is 15.1. The summed E-state index contributed by atoms with van der Waals surface area (Å²) in [5.74, 6) is 0.832. The van der Waals surface area contributed by atoms with Crippen molar-refractivity contribution in [3.63, 3.8) is 0 Å². The number of pyridine rings is 1. The molecule has 0 unspecified atom stereocenters.